The molecular formula is C27H29ClN4O3S. The molecule has 0 unspecified atom stereocenters. The van der Waals surface area contributed by atoms with Crippen LogP contribution < -0.4 is 15.2 Å². The molecule has 1 saturated heterocycles. The van der Waals surface area contributed by atoms with E-state index in [0.717, 1.165) is 59.8 Å². The van der Waals surface area contributed by atoms with E-state index in [2.05, 4.69) is 16.8 Å². The van der Waals surface area contributed by atoms with Crippen LogP contribution in [0.4, 0.5) is 0 Å². The van der Waals surface area contributed by atoms with Crippen LogP contribution in [0, 0.1) is 0 Å². The number of fused-ring (bicyclic) bond motifs is 1. The molecule has 36 heavy (non-hydrogen) atoms. The van der Waals surface area contributed by atoms with Crippen molar-refractivity contribution in [1.82, 2.24) is 14.5 Å². The number of thiophene rings is 1. The summed E-state index contributed by atoms with van der Waals surface area (Å²) in [6, 6.07) is 15.2. The minimum absolute atomic E-state index is 0.205. The molecule has 188 valence electrons. The van der Waals surface area contributed by atoms with E-state index in [1.54, 1.807) is 6.33 Å². The predicted molar refractivity (Wildman–Crippen MR) is 144 cm³/mol. The van der Waals surface area contributed by atoms with Crippen molar-refractivity contribution in [2.75, 3.05) is 19.6 Å². The van der Waals surface area contributed by atoms with Gasteiger partial charge in [-0.05, 0) is 44.5 Å². The third-order valence-corrected chi connectivity index (χ3v) is 8.07. The average Bonchev–Trinajstić information content (AvgIpc) is 3.48. The summed E-state index contributed by atoms with van der Waals surface area (Å²) in [5.41, 5.74) is 8.27. The first-order chi connectivity index (χ1) is 17.4. The lowest BCUT2D eigenvalue weighted by Crippen LogP contribution is -2.37. The van der Waals surface area contributed by atoms with Crippen LogP contribution in [0.25, 0.3) is 16.0 Å². The summed E-state index contributed by atoms with van der Waals surface area (Å²) in [6.45, 7) is 7.28. The molecule has 0 saturated carbocycles. The van der Waals surface area contributed by atoms with Crippen molar-refractivity contribution in [3.63, 3.8) is 0 Å². The average molecular weight is 525 g/mol. The third kappa shape index (κ3) is 5.07. The normalized spacial score (nSPS) is 15.8. The highest BCUT2D eigenvalue weighted by atomic mass is 35.5. The van der Waals surface area contributed by atoms with Gasteiger partial charge in [0.05, 0.1) is 11.0 Å². The van der Waals surface area contributed by atoms with Gasteiger partial charge >= 0.3 is 0 Å². The lowest BCUT2D eigenvalue weighted by atomic mass is 10.1. The Morgan fingerprint density at radius 2 is 2.00 bits per heavy atom. The van der Waals surface area contributed by atoms with Crippen LogP contribution >= 0.6 is 22.9 Å². The van der Waals surface area contributed by atoms with Gasteiger partial charge in [-0.3, -0.25) is 9.36 Å². The van der Waals surface area contributed by atoms with E-state index in [0.29, 0.717) is 15.6 Å². The fourth-order valence-corrected chi connectivity index (χ4v) is 5.79. The molecule has 2 aromatic heterocycles. The zero-order chi connectivity index (χ0) is 25.2. The highest BCUT2D eigenvalue weighted by molar-refractivity contribution is 7.16. The number of imidazole rings is 1. The first-order valence-electron chi connectivity index (χ1n) is 12.1. The topological polar surface area (TPSA) is 82.6 Å². The Labute approximate surface area is 219 Å². The number of hydrogen-bond acceptors (Lipinski definition) is 6. The van der Waals surface area contributed by atoms with Crippen molar-refractivity contribution in [3.05, 3.63) is 70.3 Å². The zero-order valence-corrected chi connectivity index (χ0v) is 21.9. The minimum atomic E-state index is -0.542. The molecule has 7 nitrogen and oxygen atoms in total. The molecule has 1 aliphatic heterocycles. The number of carbonyl (C=O) groups excluding carboxylic acids is 1. The van der Waals surface area contributed by atoms with Crippen LogP contribution in [0.3, 0.4) is 0 Å². The van der Waals surface area contributed by atoms with Gasteiger partial charge in [-0.25, -0.2) is 4.98 Å². The van der Waals surface area contributed by atoms with Crippen LogP contribution in [0.2, 0.25) is 5.02 Å². The maximum absolute atomic E-state index is 12.3. The Morgan fingerprint density at radius 1 is 1.22 bits per heavy atom. The highest BCUT2D eigenvalue weighted by Gasteiger charge is 2.22. The van der Waals surface area contributed by atoms with Gasteiger partial charge in [0, 0.05) is 35.8 Å². The van der Waals surface area contributed by atoms with Gasteiger partial charge in [-0.1, -0.05) is 36.7 Å². The molecule has 1 amide bonds. The summed E-state index contributed by atoms with van der Waals surface area (Å²) in [7, 11) is 0. The molecule has 0 radical (unpaired) electrons. The van der Waals surface area contributed by atoms with E-state index in [4.69, 9.17) is 26.8 Å². The van der Waals surface area contributed by atoms with Gasteiger partial charge in [0.15, 0.2) is 0 Å². The van der Waals surface area contributed by atoms with Crippen LogP contribution in [-0.2, 0) is 0 Å². The lowest BCUT2D eigenvalue weighted by Gasteiger charge is -2.31. The van der Waals surface area contributed by atoms with Crippen LogP contribution in [0.5, 0.6) is 11.5 Å². The summed E-state index contributed by atoms with van der Waals surface area (Å²) in [5.74, 6) is 0.695. The van der Waals surface area contributed by atoms with Gasteiger partial charge in [-0.15, -0.1) is 11.3 Å². The number of nitrogens with two attached hydrogens (primary N) is 1. The van der Waals surface area contributed by atoms with E-state index in [-0.39, 0.29) is 12.2 Å². The fraction of sp³-hybridized carbons (Fsp3) is 0.333. The number of ether oxygens (including phenoxy) is 2. The van der Waals surface area contributed by atoms with Gasteiger partial charge in [0.1, 0.15) is 39.9 Å². The van der Waals surface area contributed by atoms with Crippen molar-refractivity contribution < 1.29 is 14.3 Å². The number of likely N-dealkylation sites (tertiary alicyclic amines) is 1. The Kier molecular flexibility index (Phi) is 7.18. The second kappa shape index (κ2) is 10.5. The molecule has 2 aromatic carbocycles. The van der Waals surface area contributed by atoms with Gasteiger partial charge < -0.3 is 20.1 Å². The Hall–Kier alpha value is -3.07. The monoisotopic (exact) mass is 524 g/mol. The summed E-state index contributed by atoms with van der Waals surface area (Å²) in [4.78, 5) is 19.6. The first kappa shape index (κ1) is 24.6. The molecule has 2 N–H and O–H groups in total. The van der Waals surface area contributed by atoms with Crippen molar-refractivity contribution in [2.24, 2.45) is 5.73 Å². The smallest absolute Gasteiger partial charge is 0.262 e. The third-order valence-electron chi connectivity index (χ3n) is 6.60. The van der Waals surface area contributed by atoms with Crippen LogP contribution in [-0.4, -0.2) is 46.1 Å². The number of piperidine rings is 1. The van der Waals surface area contributed by atoms with Gasteiger partial charge in [0.2, 0.25) is 0 Å². The molecule has 1 atom stereocenters. The highest BCUT2D eigenvalue weighted by Crippen LogP contribution is 2.37. The van der Waals surface area contributed by atoms with E-state index in [1.165, 1.54) is 11.3 Å². The number of carbonyl (C=O) groups is 1. The molecular weight excluding hydrogens is 496 g/mol. The SMILES string of the molecule is CCN1CCC(Oc2ccc3ncn(-c4cc(O[C@H](C)c5ccccc5Cl)c(C(N)=O)s4)c3c2)CC1. The second-order valence-electron chi connectivity index (χ2n) is 8.94. The molecule has 0 aliphatic carbocycles. The zero-order valence-electron chi connectivity index (χ0n) is 20.3. The molecule has 9 heteroatoms. The largest absolute Gasteiger partial charge is 0.490 e. The Morgan fingerprint density at radius 3 is 2.72 bits per heavy atom. The van der Waals surface area contributed by atoms with E-state index in [9.17, 15) is 4.79 Å². The molecule has 1 fully saturated rings. The first-order valence-corrected chi connectivity index (χ1v) is 13.3. The number of primary amides is 1. The maximum atomic E-state index is 12.3. The van der Waals surface area contributed by atoms with Crippen LogP contribution in [0.1, 0.15) is 48.0 Å². The fourth-order valence-electron chi connectivity index (χ4n) is 4.57. The van der Waals surface area contributed by atoms with Crippen molar-refractivity contribution in [1.29, 1.82) is 0 Å². The quantitative estimate of drug-likeness (QED) is 0.313. The predicted octanol–water partition coefficient (Wildman–Crippen LogP) is 5.84. The molecule has 1 aliphatic rings. The Bertz CT molecular complexity index is 1380. The molecule has 5 rings (SSSR count). The molecule has 0 bridgehead atoms. The minimum Gasteiger partial charge on any atom is -0.490 e. The summed E-state index contributed by atoms with van der Waals surface area (Å²) in [5, 5.41) is 1.38. The van der Waals surface area contributed by atoms with Gasteiger partial charge in [-0.2, -0.15) is 0 Å². The van der Waals surface area contributed by atoms with Crippen molar-refractivity contribution in [2.45, 2.75) is 38.9 Å². The summed E-state index contributed by atoms with van der Waals surface area (Å²) < 4.78 is 14.4. The molecule has 0 spiro atoms. The van der Waals surface area contributed by atoms with E-state index >= 15 is 0 Å². The number of amides is 1. The number of benzene rings is 2. The summed E-state index contributed by atoms with van der Waals surface area (Å²) in [6.07, 6.45) is 3.62. The van der Waals surface area contributed by atoms with E-state index < -0.39 is 5.91 Å². The second-order valence-corrected chi connectivity index (χ2v) is 10.4. The number of halogens is 1. The number of rotatable bonds is 8. The van der Waals surface area contributed by atoms with Crippen LogP contribution in [0.15, 0.2) is 54.9 Å². The van der Waals surface area contributed by atoms with Crippen molar-refractivity contribution >= 4 is 39.9 Å². The van der Waals surface area contributed by atoms with Crippen molar-refractivity contribution in [3.8, 4) is 16.5 Å². The lowest BCUT2D eigenvalue weighted by molar-refractivity contribution is 0.0998. The van der Waals surface area contributed by atoms with E-state index in [1.807, 2.05) is 60.0 Å². The summed E-state index contributed by atoms with van der Waals surface area (Å²) >= 11 is 7.61. The number of hydrogen-bond donors (Lipinski definition) is 1. The van der Waals surface area contributed by atoms with Gasteiger partial charge in [0.25, 0.3) is 5.91 Å². The standard InChI is InChI=1S/C27H29ClN4O3S/c1-3-31-12-10-18(11-13-31)35-19-8-9-22-23(14-19)32(16-30-22)25-15-24(26(36-25)27(29)33)34-17(2)20-6-4-5-7-21(20)28/h4-9,14-18H,3,10-13H2,1-2H3,(H2,29,33)/t17-/m1/s1. The number of aromatic nitrogens is 2. The maximum Gasteiger partial charge on any atom is 0.262 e. The molecule has 4 aromatic rings. The Balaban J connectivity index is 1.42. The molecule has 3 heterocycles. The number of nitrogens with zero attached hydrogens (tertiary/aromatic N) is 3.